The molecule has 0 aliphatic carbocycles. The molecule has 0 heterocycles. The highest BCUT2D eigenvalue weighted by Crippen LogP contribution is 2.26. The van der Waals surface area contributed by atoms with E-state index in [4.69, 9.17) is 11.6 Å². The Kier molecular flexibility index (Phi) is 9.75. The van der Waals surface area contributed by atoms with Crippen molar-refractivity contribution in [1.82, 2.24) is 10.2 Å². The van der Waals surface area contributed by atoms with Gasteiger partial charge in [-0.2, -0.15) is 0 Å². The number of amides is 2. The van der Waals surface area contributed by atoms with Gasteiger partial charge in [0.1, 0.15) is 12.6 Å². The van der Waals surface area contributed by atoms with Gasteiger partial charge in [0.05, 0.1) is 11.9 Å². The maximum absolute atomic E-state index is 13.5. The van der Waals surface area contributed by atoms with E-state index in [9.17, 15) is 18.0 Å². The van der Waals surface area contributed by atoms with Crippen LogP contribution in [-0.2, 0) is 26.2 Å². The van der Waals surface area contributed by atoms with Crippen LogP contribution in [0.25, 0.3) is 0 Å². The summed E-state index contributed by atoms with van der Waals surface area (Å²) in [6, 6.07) is 11.3. The number of aryl methyl sites for hydroxylation is 1. The summed E-state index contributed by atoms with van der Waals surface area (Å²) >= 11 is 9.72. The Morgan fingerprint density at radius 3 is 2.36 bits per heavy atom. The molecule has 2 aromatic rings. The number of halogens is 2. The van der Waals surface area contributed by atoms with E-state index in [1.165, 1.54) is 4.90 Å². The molecule has 0 aliphatic rings. The highest BCUT2D eigenvalue weighted by molar-refractivity contribution is 9.10. The maximum atomic E-state index is 13.5. The second kappa shape index (κ2) is 11.9. The maximum Gasteiger partial charge on any atom is 0.244 e. The highest BCUT2D eigenvalue weighted by Gasteiger charge is 2.31. The zero-order valence-electron chi connectivity index (χ0n) is 19.1. The van der Waals surface area contributed by atoms with Gasteiger partial charge in [-0.15, -0.1) is 0 Å². The normalized spacial score (nSPS) is 12.2. The van der Waals surface area contributed by atoms with Crippen molar-refractivity contribution in [3.8, 4) is 0 Å². The first-order valence-corrected chi connectivity index (χ1v) is 13.6. The minimum Gasteiger partial charge on any atom is -0.355 e. The Morgan fingerprint density at radius 2 is 1.82 bits per heavy atom. The lowest BCUT2D eigenvalue weighted by Crippen LogP contribution is -2.52. The Balaban J connectivity index is 2.47. The van der Waals surface area contributed by atoms with Crippen LogP contribution in [0.1, 0.15) is 31.4 Å². The third-order valence-electron chi connectivity index (χ3n) is 5.14. The molecule has 0 fully saturated rings. The van der Waals surface area contributed by atoms with Crippen molar-refractivity contribution in [2.75, 3.05) is 23.7 Å². The molecule has 0 spiro atoms. The van der Waals surface area contributed by atoms with Crippen LogP contribution >= 0.6 is 27.5 Å². The molecule has 2 amide bonds. The van der Waals surface area contributed by atoms with Crippen LogP contribution in [0.15, 0.2) is 46.9 Å². The van der Waals surface area contributed by atoms with Crippen LogP contribution in [0.3, 0.4) is 0 Å². The highest BCUT2D eigenvalue weighted by atomic mass is 79.9. The van der Waals surface area contributed by atoms with E-state index in [1.54, 1.807) is 56.3 Å². The Hall–Kier alpha value is -2.10. The van der Waals surface area contributed by atoms with Crippen LogP contribution in [0.4, 0.5) is 5.69 Å². The molecule has 1 N–H and O–H groups in total. The van der Waals surface area contributed by atoms with Gasteiger partial charge in [-0.25, -0.2) is 8.42 Å². The van der Waals surface area contributed by atoms with Crippen molar-refractivity contribution in [3.63, 3.8) is 0 Å². The van der Waals surface area contributed by atoms with Gasteiger partial charge in [0.2, 0.25) is 21.8 Å². The fourth-order valence-electron chi connectivity index (χ4n) is 3.42. The first-order valence-electron chi connectivity index (χ1n) is 10.5. The molecule has 33 heavy (non-hydrogen) atoms. The zero-order valence-corrected chi connectivity index (χ0v) is 22.3. The van der Waals surface area contributed by atoms with E-state index in [2.05, 4.69) is 21.2 Å². The zero-order chi connectivity index (χ0) is 24.8. The summed E-state index contributed by atoms with van der Waals surface area (Å²) in [6.45, 7) is 5.48. The number of hydrogen-bond acceptors (Lipinski definition) is 4. The summed E-state index contributed by atoms with van der Waals surface area (Å²) < 4.78 is 27.1. The summed E-state index contributed by atoms with van der Waals surface area (Å²) in [5, 5.41) is 3.22. The number of carbonyl (C=O) groups is 2. The molecule has 0 aliphatic heterocycles. The lowest BCUT2D eigenvalue weighted by Gasteiger charge is -2.33. The van der Waals surface area contributed by atoms with Crippen LogP contribution in [0.5, 0.6) is 0 Å². The summed E-state index contributed by atoms with van der Waals surface area (Å²) in [7, 11) is -3.78. The number of nitrogens with one attached hydrogen (secondary N) is 1. The molecule has 180 valence electrons. The van der Waals surface area contributed by atoms with Crippen LogP contribution in [0, 0.1) is 6.92 Å². The summed E-state index contributed by atoms with van der Waals surface area (Å²) in [4.78, 5) is 27.7. The molecule has 0 bridgehead atoms. The monoisotopic (exact) mass is 557 g/mol. The minimum absolute atomic E-state index is 0.0745. The van der Waals surface area contributed by atoms with Gasteiger partial charge in [-0.1, -0.05) is 52.7 Å². The van der Waals surface area contributed by atoms with Gasteiger partial charge in [0.15, 0.2) is 0 Å². The molecule has 0 aromatic heterocycles. The lowest BCUT2D eigenvalue weighted by atomic mass is 10.1. The average molecular weight is 559 g/mol. The van der Waals surface area contributed by atoms with E-state index in [0.29, 0.717) is 29.2 Å². The molecule has 0 radical (unpaired) electrons. The van der Waals surface area contributed by atoms with Gasteiger partial charge in [0.25, 0.3) is 0 Å². The van der Waals surface area contributed by atoms with E-state index < -0.39 is 28.5 Å². The standard InChI is InChI=1S/C23H29BrClN3O4S/c1-5-21(23(30)26-6-2)27(14-17-9-7-8-10-20(17)25)22(29)15-28(33(4,31)32)18-11-12-19(24)16(3)13-18/h7-13,21H,5-6,14-15H2,1-4H3,(H,26,30)/t21-/m1/s1. The number of anilines is 1. The first kappa shape index (κ1) is 27.1. The second-order valence-corrected chi connectivity index (χ2v) is 10.8. The molecule has 0 saturated heterocycles. The average Bonchev–Trinajstić information content (AvgIpc) is 2.74. The van der Waals surface area contributed by atoms with Crippen LogP contribution in [-0.4, -0.2) is 50.5 Å². The molecule has 2 aromatic carbocycles. The van der Waals surface area contributed by atoms with Gasteiger partial charge < -0.3 is 10.2 Å². The topological polar surface area (TPSA) is 86.8 Å². The van der Waals surface area contributed by atoms with Gasteiger partial charge in [-0.3, -0.25) is 13.9 Å². The quantitative estimate of drug-likeness (QED) is 0.475. The van der Waals surface area contributed by atoms with E-state index in [-0.39, 0.29) is 12.5 Å². The number of carbonyl (C=O) groups excluding carboxylic acids is 2. The predicted molar refractivity (Wildman–Crippen MR) is 136 cm³/mol. The van der Waals surface area contributed by atoms with Gasteiger partial charge in [-0.05, 0) is 55.7 Å². The van der Waals surface area contributed by atoms with E-state index in [1.807, 2.05) is 6.92 Å². The summed E-state index contributed by atoms with van der Waals surface area (Å²) in [6.07, 6.45) is 1.41. The van der Waals surface area contributed by atoms with Crippen molar-refractivity contribution < 1.29 is 18.0 Å². The molecular weight excluding hydrogens is 530 g/mol. The van der Waals surface area contributed by atoms with Crippen molar-refractivity contribution in [2.24, 2.45) is 0 Å². The number of rotatable bonds is 10. The van der Waals surface area contributed by atoms with Crippen molar-refractivity contribution in [2.45, 2.75) is 39.8 Å². The van der Waals surface area contributed by atoms with Crippen molar-refractivity contribution in [1.29, 1.82) is 0 Å². The number of likely N-dealkylation sites (N-methyl/N-ethyl adjacent to an activating group) is 1. The number of benzene rings is 2. The lowest BCUT2D eigenvalue weighted by molar-refractivity contribution is -0.140. The van der Waals surface area contributed by atoms with Crippen LogP contribution < -0.4 is 9.62 Å². The third kappa shape index (κ3) is 7.19. The largest absolute Gasteiger partial charge is 0.355 e. The first-order chi connectivity index (χ1) is 15.5. The fraction of sp³-hybridized carbons (Fsp3) is 0.391. The number of hydrogen-bond donors (Lipinski definition) is 1. The molecule has 0 saturated carbocycles. The molecule has 1 atom stereocenters. The molecule has 10 heteroatoms. The van der Waals surface area contributed by atoms with E-state index in [0.717, 1.165) is 20.6 Å². The van der Waals surface area contributed by atoms with Crippen LogP contribution in [0.2, 0.25) is 5.02 Å². The molecular formula is C23H29BrClN3O4S. The number of nitrogens with zero attached hydrogens (tertiary/aromatic N) is 2. The summed E-state index contributed by atoms with van der Waals surface area (Å²) in [5.41, 5.74) is 1.87. The second-order valence-electron chi connectivity index (χ2n) is 7.63. The van der Waals surface area contributed by atoms with E-state index >= 15 is 0 Å². The third-order valence-corrected chi connectivity index (χ3v) is 7.54. The fourth-order valence-corrected chi connectivity index (χ4v) is 4.70. The van der Waals surface area contributed by atoms with Gasteiger partial charge in [0, 0.05) is 22.6 Å². The smallest absolute Gasteiger partial charge is 0.244 e. The van der Waals surface area contributed by atoms with Gasteiger partial charge >= 0.3 is 0 Å². The SMILES string of the molecule is CCNC(=O)[C@@H](CC)N(Cc1ccccc1Cl)C(=O)CN(c1ccc(Br)c(C)c1)S(C)(=O)=O. The molecule has 2 rings (SSSR count). The predicted octanol–water partition coefficient (Wildman–Crippen LogP) is 4.12. The summed E-state index contributed by atoms with van der Waals surface area (Å²) in [5.74, 6) is -0.801. The van der Waals surface area contributed by atoms with Crippen molar-refractivity contribution in [3.05, 3.63) is 63.1 Å². The molecule has 0 unspecified atom stereocenters. The Morgan fingerprint density at radius 1 is 1.15 bits per heavy atom. The Labute approximate surface area is 209 Å². The Bertz CT molecular complexity index is 1110. The van der Waals surface area contributed by atoms with Crippen molar-refractivity contribution >= 4 is 55.1 Å². The minimum atomic E-state index is -3.78. The molecule has 7 nitrogen and oxygen atoms in total. The number of sulfonamides is 1.